The van der Waals surface area contributed by atoms with Gasteiger partial charge in [-0.25, -0.2) is 0 Å². The first-order valence-corrected chi connectivity index (χ1v) is 28.6. The van der Waals surface area contributed by atoms with Gasteiger partial charge in [-0.2, -0.15) is 0 Å². The molecule has 17 aromatic rings. The van der Waals surface area contributed by atoms with E-state index in [-0.39, 0.29) is 0 Å². The van der Waals surface area contributed by atoms with Gasteiger partial charge in [0.25, 0.3) is 0 Å². The maximum absolute atomic E-state index is 2.52. The maximum Gasteiger partial charge on any atom is 0.0562 e. The highest BCUT2D eigenvalue weighted by Crippen LogP contribution is 2.45. The van der Waals surface area contributed by atoms with Gasteiger partial charge >= 0.3 is 0 Å². The van der Waals surface area contributed by atoms with E-state index in [1.54, 1.807) is 0 Å². The Morgan fingerprint density at radius 1 is 0.207 bits per heavy atom. The lowest BCUT2D eigenvalue weighted by Crippen LogP contribution is -1.98. The Morgan fingerprint density at radius 2 is 0.585 bits per heavy atom. The van der Waals surface area contributed by atoms with Gasteiger partial charge < -0.3 is 18.3 Å². The zero-order chi connectivity index (χ0) is 53.6. The Morgan fingerprint density at radius 3 is 1.12 bits per heavy atom. The fraction of sp³-hybridized carbons (Fsp3) is 0.0256. The molecular weight excluding hydrogens is 993 g/mol. The van der Waals surface area contributed by atoms with Crippen LogP contribution in [0.5, 0.6) is 0 Å². The molecule has 4 nitrogen and oxygen atoms in total. The average molecular weight is 1040 g/mol. The van der Waals surface area contributed by atoms with Crippen molar-refractivity contribution < 1.29 is 0 Å². The molecule has 0 radical (unpaired) electrons. The number of para-hydroxylation sites is 4. The minimum atomic E-state index is 1.03. The predicted octanol–water partition coefficient (Wildman–Crippen LogP) is 21.1. The average Bonchev–Trinajstić information content (AvgIpc) is 2.40. The van der Waals surface area contributed by atoms with Gasteiger partial charge in [-0.3, -0.25) is 0 Å². The van der Waals surface area contributed by atoms with E-state index in [9.17, 15) is 0 Å². The molecule has 0 fully saturated rings. The molecule has 0 N–H and O–H groups in total. The summed E-state index contributed by atoms with van der Waals surface area (Å²) in [4.78, 5) is 0. The first-order chi connectivity index (χ1) is 40.7. The third-order valence-corrected chi connectivity index (χ3v) is 17.9. The molecule has 82 heavy (non-hydrogen) atoms. The SMILES string of the molecule is C1=CC(n2c3ccccc3c3cc4c5cc(-c6ccc7c(c6)c6cc8c9ccccc9n(-c9ccccc9)c8cc6n7-c6ccccc6)ccc5n(-c5cccc(-c6ccc7c8ccccc8c8ccccc8c7c6)c5)c4cc32)=CCC1. The number of hydrogen-bond acceptors (Lipinski definition) is 0. The van der Waals surface area contributed by atoms with Crippen LogP contribution in [0.1, 0.15) is 12.8 Å². The van der Waals surface area contributed by atoms with E-state index in [0.717, 1.165) is 29.9 Å². The monoisotopic (exact) mass is 1040 g/mol. The van der Waals surface area contributed by atoms with Gasteiger partial charge in [-0.15, -0.1) is 0 Å². The summed E-state index contributed by atoms with van der Waals surface area (Å²) in [5.41, 5.74) is 18.9. The molecule has 0 saturated heterocycles. The van der Waals surface area contributed by atoms with Crippen LogP contribution < -0.4 is 0 Å². The van der Waals surface area contributed by atoms with Crippen LogP contribution in [0.3, 0.4) is 0 Å². The predicted molar refractivity (Wildman–Crippen MR) is 348 cm³/mol. The van der Waals surface area contributed by atoms with E-state index >= 15 is 0 Å². The van der Waals surface area contributed by atoms with Crippen molar-refractivity contribution in [1.82, 2.24) is 18.3 Å². The zero-order valence-corrected chi connectivity index (χ0v) is 44.8. The molecule has 4 heterocycles. The van der Waals surface area contributed by atoms with E-state index in [0.29, 0.717) is 0 Å². The molecule has 18 rings (SSSR count). The molecule has 0 spiro atoms. The van der Waals surface area contributed by atoms with Crippen LogP contribution in [0, 0.1) is 0 Å². The van der Waals surface area contributed by atoms with Crippen molar-refractivity contribution in [2.45, 2.75) is 12.8 Å². The Bertz CT molecular complexity index is 5590. The van der Waals surface area contributed by atoms with Gasteiger partial charge in [0.1, 0.15) is 0 Å². The van der Waals surface area contributed by atoms with E-state index in [1.807, 2.05) is 0 Å². The Labute approximate surface area is 472 Å². The molecule has 0 atom stereocenters. The number of allylic oxidation sites excluding steroid dienone is 4. The summed E-state index contributed by atoms with van der Waals surface area (Å²) in [5, 5.41) is 17.6. The Hall–Kier alpha value is -10.7. The van der Waals surface area contributed by atoms with Crippen LogP contribution in [-0.2, 0) is 0 Å². The fourth-order valence-corrected chi connectivity index (χ4v) is 14.3. The van der Waals surface area contributed by atoms with Crippen molar-refractivity contribution in [2.24, 2.45) is 0 Å². The molecule has 0 unspecified atom stereocenters. The number of rotatable bonds is 6. The van der Waals surface area contributed by atoms with E-state index in [2.05, 4.69) is 297 Å². The van der Waals surface area contributed by atoms with Crippen LogP contribution >= 0.6 is 0 Å². The summed E-state index contributed by atoms with van der Waals surface area (Å²) in [6.45, 7) is 0. The summed E-state index contributed by atoms with van der Waals surface area (Å²) >= 11 is 0. The standard InChI is InChI=1S/C78H50N4/c1-4-20-53(21-5-1)79-71-33-16-14-31-62(71)67-45-69-65-43-51(36-39-73(65)81(77(69)47-75(67)79)55-24-8-3-9-25-55)52-37-40-74-66(44-52)70-46-68-63-32-15-17-34-72(63)80(54-22-6-2-7-23-54)76(68)48-78(70)82(74)56-26-18-19-49(41-56)50-35-38-61-59-29-11-10-27-57(59)58-28-12-13-30-60(58)64(61)42-50/h1,3-6,8-48H,2,7H2. The van der Waals surface area contributed by atoms with Crippen molar-refractivity contribution in [3.8, 4) is 39.3 Å². The van der Waals surface area contributed by atoms with Gasteiger partial charge in [0, 0.05) is 65.8 Å². The van der Waals surface area contributed by atoms with Crippen LogP contribution in [0.4, 0.5) is 0 Å². The van der Waals surface area contributed by atoms with Crippen LogP contribution in [0.2, 0.25) is 0 Å². The normalized spacial score (nSPS) is 13.0. The number of fused-ring (bicyclic) bond motifs is 18. The van der Waals surface area contributed by atoms with Crippen molar-refractivity contribution >= 4 is 125 Å². The number of nitrogens with zero attached hydrogens (tertiary/aromatic N) is 4. The van der Waals surface area contributed by atoms with Crippen LogP contribution in [0.25, 0.3) is 165 Å². The second kappa shape index (κ2) is 17.4. The smallest absolute Gasteiger partial charge is 0.0562 e. The van der Waals surface area contributed by atoms with E-state index < -0.39 is 0 Å². The van der Waals surface area contributed by atoms with Crippen molar-refractivity contribution in [2.75, 3.05) is 0 Å². The van der Waals surface area contributed by atoms with Gasteiger partial charge in [0.05, 0.1) is 44.1 Å². The van der Waals surface area contributed by atoms with Gasteiger partial charge in [0.2, 0.25) is 0 Å². The third-order valence-electron chi connectivity index (χ3n) is 17.9. The molecule has 4 heteroatoms. The Kier molecular flexibility index (Phi) is 9.60. The molecule has 0 bridgehead atoms. The van der Waals surface area contributed by atoms with Gasteiger partial charge in [-0.05, 0) is 177 Å². The minimum absolute atomic E-state index is 1.03. The molecule has 13 aromatic carbocycles. The summed E-state index contributed by atoms with van der Waals surface area (Å²) < 4.78 is 9.88. The van der Waals surface area contributed by atoms with Crippen molar-refractivity contribution in [3.63, 3.8) is 0 Å². The molecular formula is C78H50N4. The zero-order valence-electron chi connectivity index (χ0n) is 44.8. The number of aromatic nitrogens is 4. The topological polar surface area (TPSA) is 19.7 Å². The first-order valence-electron chi connectivity index (χ1n) is 28.6. The minimum Gasteiger partial charge on any atom is -0.310 e. The lowest BCUT2D eigenvalue weighted by Gasteiger charge is -2.14. The second-order valence-electron chi connectivity index (χ2n) is 22.3. The quantitative estimate of drug-likeness (QED) is 0.148. The lowest BCUT2D eigenvalue weighted by molar-refractivity contribution is 1.02. The molecule has 382 valence electrons. The molecule has 0 saturated carbocycles. The molecule has 0 aliphatic heterocycles. The van der Waals surface area contributed by atoms with Gasteiger partial charge in [-0.1, -0.05) is 170 Å². The molecule has 4 aromatic heterocycles. The van der Waals surface area contributed by atoms with Gasteiger partial charge in [0.15, 0.2) is 0 Å². The highest BCUT2D eigenvalue weighted by atomic mass is 15.0. The van der Waals surface area contributed by atoms with Crippen LogP contribution in [0.15, 0.2) is 279 Å². The largest absolute Gasteiger partial charge is 0.310 e. The second-order valence-corrected chi connectivity index (χ2v) is 22.3. The third kappa shape index (κ3) is 6.55. The first kappa shape index (κ1) is 45.2. The summed E-state index contributed by atoms with van der Waals surface area (Å²) in [5.74, 6) is 0. The summed E-state index contributed by atoms with van der Waals surface area (Å²) in [7, 11) is 0. The lowest BCUT2D eigenvalue weighted by atomic mass is 9.92. The summed E-state index contributed by atoms with van der Waals surface area (Å²) in [6, 6.07) is 97.5. The van der Waals surface area contributed by atoms with Crippen molar-refractivity contribution in [1.29, 1.82) is 0 Å². The molecule has 1 aliphatic carbocycles. The molecule has 0 amide bonds. The van der Waals surface area contributed by atoms with E-state index in [4.69, 9.17) is 0 Å². The number of hydrogen-bond donors (Lipinski definition) is 0. The fourth-order valence-electron chi connectivity index (χ4n) is 14.3. The molecule has 1 aliphatic rings. The number of benzene rings is 13. The van der Waals surface area contributed by atoms with Crippen molar-refractivity contribution in [3.05, 3.63) is 279 Å². The Balaban J connectivity index is 0.867. The van der Waals surface area contributed by atoms with E-state index in [1.165, 1.54) is 147 Å². The highest BCUT2D eigenvalue weighted by Gasteiger charge is 2.23. The summed E-state index contributed by atoms with van der Waals surface area (Å²) in [6.07, 6.45) is 9.11. The highest BCUT2D eigenvalue weighted by molar-refractivity contribution is 6.26. The van der Waals surface area contributed by atoms with Crippen LogP contribution in [-0.4, -0.2) is 18.3 Å². The maximum atomic E-state index is 2.52.